The molecular formula is C34H23BrN2O3. The molecule has 0 aromatic heterocycles. The van der Waals surface area contributed by atoms with E-state index in [-0.39, 0.29) is 5.57 Å². The Balaban J connectivity index is 1.56. The SMILES string of the molecule is O=C1C(=Cc2c(Cc3ccccc3Br)ccc3ccccc23)C(=O)N(c2ccccc2)C(=O)N1c1ccccc1. The van der Waals surface area contributed by atoms with Crippen LogP contribution in [0.3, 0.4) is 0 Å². The molecule has 6 rings (SSSR count). The number of halogens is 1. The molecule has 1 heterocycles. The zero-order chi connectivity index (χ0) is 27.6. The fraction of sp³-hybridized carbons (Fsp3) is 0.0294. The van der Waals surface area contributed by atoms with Crippen molar-refractivity contribution < 1.29 is 14.4 Å². The number of urea groups is 1. The number of rotatable bonds is 5. The van der Waals surface area contributed by atoms with Gasteiger partial charge in [-0.1, -0.05) is 107 Å². The Hall–Kier alpha value is -4.81. The molecule has 194 valence electrons. The average molecular weight is 587 g/mol. The molecule has 0 N–H and O–H groups in total. The maximum atomic E-state index is 14.0. The third-order valence-electron chi connectivity index (χ3n) is 6.97. The Kier molecular flexibility index (Phi) is 6.84. The van der Waals surface area contributed by atoms with Gasteiger partial charge in [-0.25, -0.2) is 14.6 Å². The number of hydrogen-bond acceptors (Lipinski definition) is 3. The van der Waals surface area contributed by atoms with E-state index in [1.807, 2.05) is 72.8 Å². The van der Waals surface area contributed by atoms with Crippen molar-refractivity contribution in [1.82, 2.24) is 0 Å². The molecule has 40 heavy (non-hydrogen) atoms. The first-order valence-electron chi connectivity index (χ1n) is 12.8. The molecule has 0 bridgehead atoms. The van der Waals surface area contributed by atoms with Gasteiger partial charge in [0, 0.05) is 4.47 Å². The van der Waals surface area contributed by atoms with Crippen molar-refractivity contribution in [2.45, 2.75) is 6.42 Å². The number of benzene rings is 5. The first-order valence-corrected chi connectivity index (χ1v) is 13.6. The molecule has 1 saturated heterocycles. The highest BCUT2D eigenvalue weighted by Crippen LogP contribution is 2.33. The molecule has 0 spiro atoms. The number of fused-ring (bicyclic) bond motifs is 1. The molecule has 0 radical (unpaired) electrons. The average Bonchev–Trinajstić information content (AvgIpc) is 2.98. The van der Waals surface area contributed by atoms with Crippen LogP contribution in [-0.4, -0.2) is 17.8 Å². The molecule has 1 fully saturated rings. The van der Waals surface area contributed by atoms with E-state index < -0.39 is 17.8 Å². The Labute approximate surface area is 240 Å². The number of imide groups is 2. The summed E-state index contributed by atoms with van der Waals surface area (Å²) in [6.07, 6.45) is 2.23. The van der Waals surface area contributed by atoms with Gasteiger partial charge in [0.05, 0.1) is 11.4 Å². The summed E-state index contributed by atoms with van der Waals surface area (Å²) in [4.78, 5) is 43.8. The highest BCUT2D eigenvalue weighted by molar-refractivity contribution is 9.10. The summed E-state index contributed by atoms with van der Waals surface area (Å²) in [5, 5.41) is 1.89. The third kappa shape index (κ3) is 4.63. The van der Waals surface area contributed by atoms with Crippen molar-refractivity contribution in [1.29, 1.82) is 0 Å². The van der Waals surface area contributed by atoms with E-state index in [0.717, 1.165) is 41.7 Å². The number of carbonyl (C=O) groups is 3. The normalized spacial score (nSPS) is 13.7. The van der Waals surface area contributed by atoms with Gasteiger partial charge in [0.15, 0.2) is 0 Å². The first kappa shape index (κ1) is 25.5. The maximum Gasteiger partial charge on any atom is 0.343 e. The molecule has 0 saturated carbocycles. The molecule has 0 aliphatic carbocycles. The van der Waals surface area contributed by atoms with Crippen LogP contribution < -0.4 is 9.80 Å². The minimum atomic E-state index is -0.712. The second-order valence-corrected chi connectivity index (χ2v) is 10.3. The van der Waals surface area contributed by atoms with E-state index in [2.05, 4.69) is 15.9 Å². The number of para-hydroxylation sites is 2. The Morgan fingerprint density at radius 1 is 0.575 bits per heavy atom. The fourth-order valence-electron chi connectivity index (χ4n) is 5.00. The van der Waals surface area contributed by atoms with Crippen molar-refractivity contribution in [3.8, 4) is 0 Å². The summed E-state index contributed by atoms with van der Waals surface area (Å²) in [6, 6.07) is 36.6. The highest BCUT2D eigenvalue weighted by Gasteiger charge is 2.43. The minimum Gasteiger partial charge on any atom is -0.268 e. The summed E-state index contributed by atoms with van der Waals surface area (Å²) >= 11 is 3.65. The predicted molar refractivity (Wildman–Crippen MR) is 162 cm³/mol. The smallest absolute Gasteiger partial charge is 0.268 e. The van der Waals surface area contributed by atoms with Crippen LogP contribution in [0.15, 0.2) is 131 Å². The lowest BCUT2D eigenvalue weighted by Gasteiger charge is -2.34. The van der Waals surface area contributed by atoms with Crippen LogP contribution in [-0.2, 0) is 16.0 Å². The van der Waals surface area contributed by atoms with E-state index >= 15 is 0 Å². The maximum absolute atomic E-state index is 14.0. The van der Waals surface area contributed by atoms with Crippen LogP contribution >= 0.6 is 15.9 Å². The number of anilines is 2. The summed E-state index contributed by atoms with van der Waals surface area (Å²) in [5.74, 6) is -1.32. The summed E-state index contributed by atoms with van der Waals surface area (Å²) < 4.78 is 0.975. The van der Waals surface area contributed by atoms with Gasteiger partial charge in [-0.2, -0.15) is 0 Å². The summed E-state index contributed by atoms with van der Waals surface area (Å²) in [7, 11) is 0. The van der Waals surface area contributed by atoms with Gasteiger partial charge in [0.2, 0.25) is 0 Å². The molecule has 0 unspecified atom stereocenters. The molecule has 6 heteroatoms. The van der Waals surface area contributed by atoms with Gasteiger partial charge in [-0.15, -0.1) is 0 Å². The van der Waals surface area contributed by atoms with E-state index in [4.69, 9.17) is 0 Å². The van der Waals surface area contributed by atoms with E-state index in [1.54, 1.807) is 54.6 Å². The topological polar surface area (TPSA) is 57.7 Å². The molecule has 4 amide bonds. The van der Waals surface area contributed by atoms with Gasteiger partial charge in [0.1, 0.15) is 5.57 Å². The summed E-state index contributed by atoms with van der Waals surface area (Å²) in [5.41, 5.74) is 3.49. The van der Waals surface area contributed by atoms with Crippen molar-refractivity contribution in [2.75, 3.05) is 9.80 Å². The lowest BCUT2D eigenvalue weighted by atomic mass is 9.92. The number of amides is 4. The van der Waals surface area contributed by atoms with Gasteiger partial charge in [-0.3, -0.25) is 9.59 Å². The van der Waals surface area contributed by atoms with E-state index in [0.29, 0.717) is 17.8 Å². The second kappa shape index (κ2) is 10.8. The van der Waals surface area contributed by atoms with Crippen molar-refractivity contribution in [3.05, 3.63) is 148 Å². The van der Waals surface area contributed by atoms with Crippen molar-refractivity contribution in [3.63, 3.8) is 0 Å². The number of barbiturate groups is 1. The summed E-state index contributed by atoms with van der Waals surface area (Å²) in [6.45, 7) is 0. The van der Waals surface area contributed by atoms with Crippen LogP contribution in [0.5, 0.6) is 0 Å². The van der Waals surface area contributed by atoms with Crippen LogP contribution in [0.4, 0.5) is 16.2 Å². The van der Waals surface area contributed by atoms with Crippen LogP contribution in [0, 0.1) is 0 Å². The Morgan fingerprint density at radius 2 is 1.12 bits per heavy atom. The molecule has 5 aromatic rings. The predicted octanol–water partition coefficient (Wildman–Crippen LogP) is 7.78. The van der Waals surface area contributed by atoms with Crippen LogP contribution in [0.2, 0.25) is 0 Å². The van der Waals surface area contributed by atoms with Crippen molar-refractivity contribution >= 4 is 62.0 Å². The minimum absolute atomic E-state index is 0.0861. The molecule has 5 aromatic carbocycles. The molecule has 5 nitrogen and oxygen atoms in total. The Morgan fingerprint density at radius 3 is 1.75 bits per heavy atom. The zero-order valence-corrected chi connectivity index (χ0v) is 22.9. The number of carbonyl (C=O) groups excluding carboxylic acids is 3. The fourth-order valence-corrected chi connectivity index (χ4v) is 5.42. The highest BCUT2D eigenvalue weighted by atomic mass is 79.9. The van der Waals surface area contributed by atoms with Gasteiger partial charge < -0.3 is 0 Å². The molecule has 1 aliphatic heterocycles. The monoisotopic (exact) mass is 586 g/mol. The second-order valence-electron chi connectivity index (χ2n) is 9.42. The van der Waals surface area contributed by atoms with Gasteiger partial charge in [0.25, 0.3) is 11.8 Å². The van der Waals surface area contributed by atoms with E-state index in [9.17, 15) is 14.4 Å². The third-order valence-corrected chi connectivity index (χ3v) is 7.74. The van der Waals surface area contributed by atoms with Crippen LogP contribution in [0.25, 0.3) is 16.8 Å². The molecule has 0 atom stereocenters. The number of hydrogen-bond donors (Lipinski definition) is 0. The largest absolute Gasteiger partial charge is 0.343 e. The zero-order valence-electron chi connectivity index (χ0n) is 21.3. The van der Waals surface area contributed by atoms with E-state index in [1.165, 1.54) is 0 Å². The lowest BCUT2D eigenvalue weighted by molar-refractivity contribution is -0.121. The van der Waals surface area contributed by atoms with Crippen molar-refractivity contribution in [2.24, 2.45) is 0 Å². The number of nitrogens with zero attached hydrogens (tertiary/aromatic N) is 2. The lowest BCUT2D eigenvalue weighted by Crippen LogP contribution is -2.57. The molecule has 1 aliphatic rings. The molecular weight excluding hydrogens is 564 g/mol. The Bertz CT molecular complexity index is 1740. The van der Waals surface area contributed by atoms with Crippen LogP contribution in [0.1, 0.15) is 16.7 Å². The van der Waals surface area contributed by atoms with Gasteiger partial charge in [-0.05, 0) is 70.3 Å². The first-order chi connectivity index (χ1) is 19.5. The van der Waals surface area contributed by atoms with Gasteiger partial charge >= 0.3 is 6.03 Å². The standard InChI is InChI=1S/C34H23BrN2O3/c35-31-18-10-8-12-25(31)21-24-20-19-23-11-7-9-17-28(23)29(24)22-30-32(38)36(26-13-3-1-4-14-26)34(40)37(33(30)39)27-15-5-2-6-16-27/h1-20,22H,21H2. The quantitative estimate of drug-likeness (QED) is 0.156.